The summed E-state index contributed by atoms with van der Waals surface area (Å²) < 4.78 is 0. The van der Waals surface area contributed by atoms with Gasteiger partial charge in [0, 0.05) is 17.1 Å². The van der Waals surface area contributed by atoms with Gasteiger partial charge >= 0.3 is 17.9 Å². The van der Waals surface area contributed by atoms with Crippen LogP contribution in [0, 0.1) is 0 Å². The first-order valence-electron chi connectivity index (χ1n) is 10.1. The van der Waals surface area contributed by atoms with Crippen molar-refractivity contribution in [3.63, 3.8) is 0 Å². The van der Waals surface area contributed by atoms with E-state index >= 15 is 0 Å². The molecule has 3 atom stereocenters. The smallest absolute Gasteiger partial charge is 0.320 e. The summed E-state index contributed by atoms with van der Waals surface area (Å²) in [6.45, 7) is 1.81. The number of rotatable bonds is 15. The molecule has 0 unspecified atom stereocenters. The van der Waals surface area contributed by atoms with E-state index in [1.54, 1.807) is 0 Å². The fourth-order valence-corrected chi connectivity index (χ4v) is 1.90. The zero-order valence-electron chi connectivity index (χ0n) is 18.1. The second-order valence-electron chi connectivity index (χ2n) is 6.69. The monoisotopic (exact) mass is 494 g/mol. The largest absolute Gasteiger partial charge is 0.480 e. The van der Waals surface area contributed by atoms with Gasteiger partial charge < -0.3 is 49.7 Å². The number of carboxylic acids is 3. The Kier molecular flexibility index (Phi) is 31.9. The molecule has 0 rings (SSSR count). The molecule has 31 heavy (non-hydrogen) atoms. The van der Waals surface area contributed by atoms with Crippen molar-refractivity contribution in [2.75, 3.05) is 19.6 Å². The van der Waals surface area contributed by atoms with Crippen LogP contribution in [0.1, 0.15) is 57.8 Å². The van der Waals surface area contributed by atoms with E-state index in [2.05, 4.69) is 0 Å². The Balaban J connectivity index is -0.000000174. The molecule has 13 heteroatoms. The summed E-state index contributed by atoms with van der Waals surface area (Å²) in [4.78, 5) is 30.4. The SMILES string of the molecule is NCCCC[C@H](N)C(=O)O.NCCCC[C@H](N)C(=O)O.NCCCC[C@H](N)C(=O)O.[Fe]. The molecule has 0 heterocycles. The van der Waals surface area contributed by atoms with Crippen molar-refractivity contribution in [1.82, 2.24) is 0 Å². The Labute approximate surface area is 194 Å². The zero-order valence-corrected chi connectivity index (χ0v) is 19.2. The van der Waals surface area contributed by atoms with Crippen LogP contribution in [0.3, 0.4) is 0 Å². The Morgan fingerprint density at radius 2 is 0.710 bits per heavy atom. The fourth-order valence-electron chi connectivity index (χ4n) is 1.90. The topological polar surface area (TPSA) is 268 Å². The molecule has 0 aromatic carbocycles. The molecule has 12 nitrogen and oxygen atoms in total. The summed E-state index contributed by atoms with van der Waals surface area (Å²) in [5, 5.41) is 25.0. The summed E-state index contributed by atoms with van der Waals surface area (Å²) in [5.74, 6) is -2.80. The minimum atomic E-state index is -0.933. The van der Waals surface area contributed by atoms with Gasteiger partial charge in [0.1, 0.15) is 18.1 Å². The molecule has 0 aliphatic rings. The van der Waals surface area contributed by atoms with Gasteiger partial charge in [-0.05, 0) is 58.2 Å². The molecule has 0 saturated heterocycles. The van der Waals surface area contributed by atoms with E-state index in [9.17, 15) is 14.4 Å². The van der Waals surface area contributed by atoms with Crippen molar-refractivity contribution in [2.24, 2.45) is 34.4 Å². The normalized spacial score (nSPS) is 12.6. The Morgan fingerprint density at radius 3 is 0.839 bits per heavy atom. The molecule has 0 spiro atoms. The fraction of sp³-hybridized carbons (Fsp3) is 0.833. The number of aliphatic carboxylic acids is 3. The molecule has 0 radical (unpaired) electrons. The van der Waals surface area contributed by atoms with E-state index in [1.165, 1.54) is 0 Å². The van der Waals surface area contributed by atoms with Crippen molar-refractivity contribution in [3.05, 3.63) is 0 Å². The number of hydrogen-bond donors (Lipinski definition) is 9. The molecular formula is C18H42FeN6O6. The number of carbonyl (C=O) groups is 3. The summed E-state index contributed by atoms with van der Waals surface area (Å²) in [6.07, 6.45) is 6.49. The Hall–Kier alpha value is -1.31. The van der Waals surface area contributed by atoms with Crippen LogP contribution in [-0.4, -0.2) is 71.0 Å². The first-order chi connectivity index (χ1) is 14.0. The second kappa shape index (κ2) is 26.7. The van der Waals surface area contributed by atoms with Gasteiger partial charge in [-0.2, -0.15) is 0 Å². The number of nitrogens with two attached hydrogens (primary N) is 6. The third-order valence-corrected chi connectivity index (χ3v) is 3.86. The zero-order chi connectivity index (χ0) is 23.9. The summed E-state index contributed by atoms with van der Waals surface area (Å²) in [5.41, 5.74) is 31.3. The maximum Gasteiger partial charge on any atom is 0.320 e. The van der Waals surface area contributed by atoms with E-state index in [0.717, 1.165) is 38.5 Å². The Bertz CT molecular complexity index is 386. The maximum absolute atomic E-state index is 10.1. The second-order valence-corrected chi connectivity index (χ2v) is 6.69. The van der Waals surface area contributed by atoms with E-state index in [4.69, 9.17) is 49.7 Å². The number of unbranched alkanes of at least 4 members (excludes halogenated alkanes) is 3. The predicted molar refractivity (Wildman–Crippen MR) is 116 cm³/mol. The van der Waals surface area contributed by atoms with Crippen LogP contribution in [0.2, 0.25) is 0 Å². The third kappa shape index (κ3) is 31.0. The van der Waals surface area contributed by atoms with E-state index in [-0.39, 0.29) is 17.1 Å². The first kappa shape index (κ1) is 37.0. The molecule has 0 aliphatic carbocycles. The number of carboxylic acid groups (broad SMARTS) is 3. The van der Waals surface area contributed by atoms with Gasteiger partial charge in [0.25, 0.3) is 0 Å². The third-order valence-electron chi connectivity index (χ3n) is 3.86. The van der Waals surface area contributed by atoms with Crippen LogP contribution >= 0.6 is 0 Å². The molecule has 15 N–H and O–H groups in total. The van der Waals surface area contributed by atoms with Gasteiger partial charge in [-0.1, -0.05) is 19.3 Å². The van der Waals surface area contributed by atoms with Gasteiger partial charge in [-0.3, -0.25) is 14.4 Å². The van der Waals surface area contributed by atoms with Crippen LogP contribution in [0.4, 0.5) is 0 Å². The van der Waals surface area contributed by atoms with Gasteiger partial charge in [0.2, 0.25) is 0 Å². The quantitative estimate of drug-likeness (QED) is 0.0937. The summed E-state index contributed by atoms with van der Waals surface area (Å²) >= 11 is 0. The minimum Gasteiger partial charge on any atom is -0.480 e. The average Bonchev–Trinajstić information content (AvgIpc) is 2.69. The molecular weight excluding hydrogens is 452 g/mol. The van der Waals surface area contributed by atoms with Crippen molar-refractivity contribution in [2.45, 2.75) is 75.9 Å². The van der Waals surface area contributed by atoms with E-state index in [1.807, 2.05) is 0 Å². The van der Waals surface area contributed by atoms with Crippen LogP contribution in [0.15, 0.2) is 0 Å². The minimum absolute atomic E-state index is 0. The molecule has 0 amide bonds. The standard InChI is InChI=1S/3C6H14N2O2.Fe/c3*7-4-2-1-3-5(8)6(9)10;/h3*5H,1-4,7-8H2,(H,9,10);/t3*5-;/m000./s1. The van der Waals surface area contributed by atoms with E-state index < -0.39 is 36.0 Å². The molecule has 0 fully saturated rings. The summed E-state index contributed by atoms with van der Waals surface area (Å²) in [6, 6.07) is -2.15. The van der Waals surface area contributed by atoms with Gasteiger partial charge in [0.15, 0.2) is 0 Å². The van der Waals surface area contributed by atoms with Crippen molar-refractivity contribution >= 4 is 17.9 Å². The molecule has 188 valence electrons. The van der Waals surface area contributed by atoms with Gasteiger partial charge in [0.05, 0.1) is 0 Å². The summed E-state index contributed by atoms with van der Waals surface area (Å²) in [7, 11) is 0. The first-order valence-corrected chi connectivity index (χ1v) is 10.1. The van der Waals surface area contributed by atoms with Crippen LogP contribution in [-0.2, 0) is 31.5 Å². The average molecular weight is 494 g/mol. The molecule has 0 bridgehead atoms. The maximum atomic E-state index is 10.1. The molecule has 0 aromatic rings. The van der Waals surface area contributed by atoms with Crippen molar-refractivity contribution in [1.29, 1.82) is 0 Å². The Morgan fingerprint density at radius 1 is 0.516 bits per heavy atom. The van der Waals surface area contributed by atoms with Crippen LogP contribution < -0.4 is 34.4 Å². The van der Waals surface area contributed by atoms with E-state index in [0.29, 0.717) is 38.9 Å². The number of hydrogen-bond acceptors (Lipinski definition) is 9. The van der Waals surface area contributed by atoms with Crippen LogP contribution in [0.5, 0.6) is 0 Å². The van der Waals surface area contributed by atoms with Crippen molar-refractivity contribution < 1.29 is 46.8 Å². The van der Waals surface area contributed by atoms with Crippen LogP contribution in [0.25, 0.3) is 0 Å². The molecule has 0 saturated carbocycles. The van der Waals surface area contributed by atoms with Gasteiger partial charge in [-0.25, -0.2) is 0 Å². The van der Waals surface area contributed by atoms with Gasteiger partial charge in [-0.15, -0.1) is 0 Å². The predicted octanol–water partition coefficient (Wildman–Crippen LogP) is -1.42. The molecule has 0 aromatic heterocycles. The molecule has 0 aliphatic heterocycles. The van der Waals surface area contributed by atoms with Crippen molar-refractivity contribution in [3.8, 4) is 0 Å².